The topological polar surface area (TPSA) is 96.2 Å². The van der Waals surface area contributed by atoms with E-state index in [-0.39, 0.29) is 11.8 Å². The van der Waals surface area contributed by atoms with E-state index in [1.54, 1.807) is 12.3 Å². The largest absolute Gasteiger partial charge is 0.439 e. The Kier molecular flexibility index (Phi) is 4.07. The van der Waals surface area contributed by atoms with Crippen LogP contribution in [0.3, 0.4) is 0 Å². The third-order valence-electron chi connectivity index (χ3n) is 3.46. The van der Waals surface area contributed by atoms with E-state index in [0.717, 1.165) is 5.82 Å². The zero-order chi connectivity index (χ0) is 16.4. The minimum Gasteiger partial charge on any atom is -0.439 e. The molecule has 0 unspecified atom stereocenters. The lowest BCUT2D eigenvalue weighted by atomic mass is 10.3. The average molecular weight is 316 g/mol. The second kappa shape index (κ2) is 6.17. The molecule has 0 N–H and O–H groups in total. The normalized spacial score (nSPS) is 12.6. The van der Waals surface area contributed by atoms with Crippen molar-refractivity contribution in [2.45, 2.75) is 26.5 Å². The van der Waals surface area contributed by atoms with E-state index in [2.05, 4.69) is 9.97 Å². The highest BCUT2D eigenvalue weighted by atomic mass is 16.6. The van der Waals surface area contributed by atoms with Crippen LogP contribution < -0.4 is 0 Å². The van der Waals surface area contributed by atoms with Crippen molar-refractivity contribution in [3.8, 4) is 0 Å². The first kappa shape index (κ1) is 15.2. The van der Waals surface area contributed by atoms with E-state index in [9.17, 15) is 10.1 Å². The number of imidazole rings is 1. The number of hydrogen-bond acceptors (Lipinski definition) is 6. The highest BCUT2D eigenvalue weighted by Gasteiger charge is 2.15. The van der Waals surface area contributed by atoms with Crippen molar-refractivity contribution in [2.75, 3.05) is 6.61 Å². The van der Waals surface area contributed by atoms with Crippen LogP contribution in [0.5, 0.6) is 0 Å². The minimum absolute atomic E-state index is 0.00867. The van der Waals surface area contributed by atoms with Gasteiger partial charge in [-0.3, -0.25) is 10.1 Å². The summed E-state index contributed by atoms with van der Waals surface area (Å²) >= 11 is 0. The SMILES string of the molecule is CCO[C@@H](C)c1nccn1Cc1nc2cc([N+](=O)[O-])ccc2o1. The fraction of sp³-hybridized carbons (Fsp3) is 0.333. The van der Waals surface area contributed by atoms with E-state index in [0.29, 0.717) is 30.1 Å². The van der Waals surface area contributed by atoms with Crippen molar-refractivity contribution in [3.05, 3.63) is 52.4 Å². The van der Waals surface area contributed by atoms with Gasteiger partial charge >= 0.3 is 0 Å². The standard InChI is InChI=1S/C15H16N4O4/c1-3-22-10(2)15-16-6-7-18(15)9-14-17-12-8-11(19(20)21)4-5-13(12)23-14/h4-8,10H,3,9H2,1-2H3/t10-/m0/s1. The monoisotopic (exact) mass is 316 g/mol. The Hall–Kier alpha value is -2.74. The predicted octanol–water partition coefficient (Wildman–Crippen LogP) is 3.08. The summed E-state index contributed by atoms with van der Waals surface area (Å²) in [6.07, 6.45) is 3.38. The Morgan fingerprint density at radius 1 is 1.48 bits per heavy atom. The van der Waals surface area contributed by atoms with Gasteiger partial charge in [0.25, 0.3) is 5.69 Å². The van der Waals surface area contributed by atoms with Crippen LogP contribution in [0.4, 0.5) is 5.69 Å². The summed E-state index contributed by atoms with van der Waals surface area (Å²) in [7, 11) is 0. The summed E-state index contributed by atoms with van der Waals surface area (Å²) in [6.45, 7) is 4.84. The van der Waals surface area contributed by atoms with Crippen LogP contribution in [0.1, 0.15) is 31.7 Å². The quantitative estimate of drug-likeness (QED) is 0.512. The number of benzene rings is 1. The summed E-state index contributed by atoms with van der Waals surface area (Å²) in [6, 6.07) is 4.36. The van der Waals surface area contributed by atoms with Gasteiger partial charge in [-0.25, -0.2) is 9.97 Å². The van der Waals surface area contributed by atoms with Gasteiger partial charge in [-0.2, -0.15) is 0 Å². The third kappa shape index (κ3) is 3.07. The summed E-state index contributed by atoms with van der Waals surface area (Å²) in [5.41, 5.74) is 0.976. The van der Waals surface area contributed by atoms with Crippen molar-refractivity contribution in [2.24, 2.45) is 0 Å². The molecule has 0 amide bonds. The number of non-ortho nitro benzene ring substituents is 1. The van der Waals surface area contributed by atoms with Crippen LogP contribution in [0.25, 0.3) is 11.1 Å². The molecule has 0 saturated carbocycles. The lowest BCUT2D eigenvalue weighted by Gasteiger charge is -2.12. The van der Waals surface area contributed by atoms with Gasteiger partial charge in [0.1, 0.15) is 24.0 Å². The first-order chi connectivity index (χ1) is 11.1. The van der Waals surface area contributed by atoms with Gasteiger partial charge in [-0.1, -0.05) is 0 Å². The van der Waals surface area contributed by atoms with Crippen LogP contribution in [0.15, 0.2) is 35.0 Å². The molecule has 2 heterocycles. The molecule has 23 heavy (non-hydrogen) atoms. The molecule has 0 spiro atoms. The molecule has 120 valence electrons. The van der Waals surface area contributed by atoms with Crippen LogP contribution in [0.2, 0.25) is 0 Å². The van der Waals surface area contributed by atoms with E-state index in [4.69, 9.17) is 9.15 Å². The minimum atomic E-state index is -0.453. The lowest BCUT2D eigenvalue weighted by Crippen LogP contribution is -2.10. The van der Waals surface area contributed by atoms with Gasteiger partial charge in [0.2, 0.25) is 5.89 Å². The molecule has 0 bridgehead atoms. The molecule has 3 rings (SSSR count). The molecule has 0 aliphatic rings. The van der Waals surface area contributed by atoms with Gasteiger partial charge < -0.3 is 13.7 Å². The van der Waals surface area contributed by atoms with Crippen LogP contribution in [-0.2, 0) is 11.3 Å². The molecular formula is C15H16N4O4. The number of hydrogen-bond donors (Lipinski definition) is 0. The second-order valence-electron chi connectivity index (χ2n) is 5.03. The molecule has 8 heteroatoms. The molecule has 1 aromatic carbocycles. The average Bonchev–Trinajstić information content (AvgIpc) is 3.12. The first-order valence-electron chi connectivity index (χ1n) is 7.25. The number of fused-ring (bicyclic) bond motifs is 1. The molecule has 1 atom stereocenters. The summed E-state index contributed by atoms with van der Waals surface area (Å²) in [5.74, 6) is 1.24. The number of ether oxygens (including phenoxy) is 1. The molecule has 2 aromatic heterocycles. The molecule has 0 fully saturated rings. The van der Waals surface area contributed by atoms with Crippen molar-refractivity contribution in [1.29, 1.82) is 0 Å². The maximum absolute atomic E-state index is 10.8. The Bertz CT molecular complexity index is 839. The zero-order valence-electron chi connectivity index (χ0n) is 12.8. The molecule has 0 aliphatic heterocycles. The number of aromatic nitrogens is 3. The van der Waals surface area contributed by atoms with E-state index >= 15 is 0 Å². The summed E-state index contributed by atoms with van der Waals surface area (Å²) < 4.78 is 13.1. The Balaban J connectivity index is 1.87. The van der Waals surface area contributed by atoms with E-state index in [1.807, 2.05) is 24.6 Å². The molecule has 3 aromatic rings. The molecule has 8 nitrogen and oxygen atoms in total. The lowest BCUT2D eigenvalue weighted by molar-refractivity contribution is -0.384. The van der Waals surface area contributed by atoms with Crippen LogP contribution in [0, 0.1) is 10.1 Å². The Labute approximate surface area is 131 Å². The number of nitrogens with zero attached hydrogens (tertiary/aromatic N) is 4. The summed E-state index contributed by atoms with van der Waals surface area (Å²) in [5, 5.41) is 10.8. The van der Waals surface area contributed by atoms with E-state index in [1.165, 1.54) is 12.1 Å². The molecular weight excluding hydrogens is 300 g/mol. The molecule has 0 aliphatic carbocycles. The van der Waals surface area contributed by atoms with Gasteiger partial charge in [-0.05, 0) is 19.9 Å². The number of nitro groups is 1. The van der Waals surface area contributed by atoms with Gasteiger partial charge in [0, 0.05) is 31.1 Å². The van der Waals surface area contributed by atoms with Crippen molar-refractivity contribution in [1.82, 2.24) is 14.5 Å². The maximum atomic E-state index is 10.8. The van der Waals surface area contributed by atoms with Crippen molar-refractivity contribution in [3.63, 3.8) is 0 Å². The van der Waals surface area contributed by atoms with Crippen molar-refractivity contribution >= 4 is 16.8 Å². The predicted molar refractivity (Wildman–Crippen MR) is 82.0 cm³/mol. The first-order valence-corrected chi connectivity index (χ1v) is 7.25. The number of rotatable bonds is 6. The number of nitro benzene ring substituents is 1. The van der Waals surface area contributed by atoms with Gasteiger partial charge in [0.05, 0.1) is 4.92 Å². The Morgan fingerprint density at radius 2 is 2.30 bits per heavy atom. The Morgan fingerprint density at radius 3 is 3.04 bits per heavy atom. The second-order valence-corrected chi connectivity index (χ2v) is 5.03. The fourth-order valence-electron chi connectivity index (χ4n) is 2.43. The third-order valence-corrected chi connectivity index (χ3v) is 3.46. The smallest absolute Gasteiger partial charge is 0.271 e. The van der Waals surface area contributed by atoms with Crippen LogP contribution >= 0.6 is 0 Å². The molecule has 0 saturated heterocycles. The molecule has 0 radical (unpaired) electrons. The van der Waals surface area contributed by atoms with Crippen LogP contribution in [-0.4, -0.2) is 26.1 Å². The number of oxazole rings is 1. The maximum Gasteiger partial charge on any atom is 0.271 e. The highest BCUT2D eigenvalue weighted by Crippen LogP contribution is 2.22. The summed E-state index contributed by atoms with van der Waals surface area (Å²) in [4.78, 5) is 19.0. The highest BCUT2D eigenvalue weighted by molar-refractivity contribution is 5.75. The fourth-order valence-corrected chi connectivity index (χ4v) is 2.43. The van der Waals surface area contributed by atoms with E-state index < -0.39 is 4.92 Å². The van der Waals surface area contributed by atoms with Crippen molar-refractivity contribution < 1.29 is 14.1 Å². The van der Waals surface area contributed by atoms with Gasteiger partial charge in [-0.15, -0.1) is 0 Å². The zero-order valence-corrected chi connectivity index (χ0v) is 12.8. The van der Waals surface area contributed by atoms with Gasteiger partial charge in [0.15, 0.2) is 5.58 Å².